The van der Waals surface area contributed by atoms with Gasteiger partial charge < -0.3 is 10.2 Å². The van der Waals surface area contributed by atoms with Crippen LogP contribution in [0.25, 0.3) is 11.4 Å². The van der Waals surface area contributed by atoms with Crippen LogP contribution < -0.4 is 0 Å². The van der Waals surface area contributed by atoms with Crippen LogP contribution in [0.1, 0.15) is 46.7 Å². The lowest BCUT2D eigenvalue weighted by atomic mass is 9.80. The summed E-state index contributed by atoms with van der Waals surface area (Å²) in [5, 5.41) is 33.9. The molecule has 0 saturated heterocycles. The van der Waals surface area contributed by atoms with Gasteiger partial charge in [-0.3, -0.25) is 0 Å². The molecule has 0 atom stereocenters. The topological polar surface area (TPSA) is 101 Å². The highest BCUT2D eigenvalue weighted by Gasteiger charge is 2.40. The maximum atomic E-state index is 11.7. The highest BCUT2D eigenvalue weighted by atomic mass is 35.5. The maximum absolute atomic E-state index is 11.7. The highest BCUT2D eigenvalue weighted by Crippen LogP contribution is 2.49. The Morgan fingerprint density at radius 3 is 1.27 bits per heavy atom. The number of aliphatic hydroxyl groups is 2. The molecule has 8 nitrogen and oxygen atoms in total. The van der Waals surface area contributed by atoms with Gasteiger partial charge in [-0.25, -0.2) is 19.3 Å². The normalized spacial score (nSPS) is 16.8. The molecule has 0 saturated carbocycles. The number of aryl methyl sites for hydroxylation is 4. The first-order valence-electron chi connectivity index (χ1n) is 14.2. The molecule has 0 radical (unpaired) electrons. The summed E-state index contributed by atoms with van der Waals surface area (Å²) in [6, 6.07) is 18.7. The summed E-state index contributed by atoms with van der Waals surface area (Å²) in [6.45, 7) is 7.82. The van der Waals surface area contributed by atoms with Gasteiger partial charge in [-0.05, 0) is 64.1 Å². The standard InChI is InChI=1S/C34H28Cl2N6O2/c1-17-13-19(3)41(39-17)27-15-25(31(37-27)21-5-9-23(35)10-6-21)29-33(43)30(34(29)44)26-16-28(42-20(4)14-18(2)40-42)38-32(26)22-7-11-24(36)12-8-22/h5-14,43-44H,15-16H2,1-4H3. The summed E-state index contributed by atoms with van der Waals surface area (Å²) in [4.78, 5) is 9.92. The molecule has 220 valence electrons. The van der Waals surface area contributed by atoms with Crippen molar-refractivity contribution >= 4 is 46.3 Å². The number of halogens is 2. The predicted molar refractivity (Wildman–Crippen MR) is 174 cm³/mol. The number of aliphatic imine (C=N–C) groups is 2. The zero-order valence-electron chi connectivity index (χ0n) is 24.5. The van der Waals surface area contributed by atoms with E-state index in [2.05, 4.69) is 10.2 Å². The molecule has 0 spiro atoms. The zero-order chi connectivity index (χ0) is 30.9. The Kier molecular flexibility index (Phi) is 6.72. The average molecular weight is 624 g/mol. The Hall–Kier alpha value is -4.66. The second-order valence-electron chi connectivity index (χ2n) is 11.2. The lowest BCUT2D eigenvalue weighted by Crippen LogP contribution is -2.20. The molecule has 0 unspecified atom stereocenters. The molecule has 4 aromatic rings. The van der Waals surface area contributed by atoms with Crippen molar-refractivity contribution in [1.29, 1.82) is 0 Å². The van der Waals surface area contributed by atoms with Gasteiger partial charge in [0.05, 0.1) is 33.9 Å². The van der Waals surface area contributed by atoms with E-state index in [1.807, 2.05) is 73.5 Å². The third kappa shape index (κ3) is 4.62. The highest BCUT2D eigenvalue weighted by molar-refractivity contribution is 6.31. The molecule has 2 N–H and O–H groups in total. The SMILES string of the molecule is Cc1cc(C)n(C2=NC(c3ccc(Cl)cc3)=C(C3=C(O)C(C4=C(c5ccc(Cl)cc5)N=C(n5nc(C)cc5C)C4)=C3O)C2)n1. The van der Waals surface area contributed by atoms with E-state index >= 15 is 0 Å². The van der Waals surface area contributed by atoms with E-state index in [0.717, 1.165) is 33.9 Å². The first kappa shape index (κ1) is 28.1. The number of aromatic nitrogens is 4. The van der Waals surface area contributed by atoms with Gasteiger partial charge in [0.25, 0.3) is 0 Å². The van der Waals surface area contributed by atoms with E-state index < -0.39 is 0 Å². The first-order chi connectivity index (χ1) is 21.1. The van der Waals surface area contributed by atoms with Crippen molar-refractivity contribution in [2.45, 2.75) is 40.5 Å². The van der Waals surface area contributed by atoms with Crippen LogP contribution >= 0.6 is 23.2 Å². The smallest absolute Gasteiger partial charge is 0.138 e. The predicted octanol–water partition coefficient (Wildman–Crippen LogP) is 8.08. The number of hydrogen-bond acceptors (Lipinski definition) is 6. The van der Waals surface area contributed by atoms with E-state index in [1.54, 1.807) is 24.3 Å². The first-order valence-corrected chi connectivity index (χ1v) is 14.9. The number of rotatable bonds is 4. The summed E-state index contributed by atoms with van der Waals surface area (Å²) < 4.78 is 3.62. The molecule has 4 heterocycles. The van der Waals surface area contributed by atoms with Gasteiger partial charge >= 0.3 is 0 Å². The van der Waals surface area contributed by atoms with E-state index in [0.29, 0.717) is 68.2 Å². The molecule has 0 bridgehead atoms. The second kappa shape index (κ2) is 10.5. The summed E-state index contributed by atoms with van der Waals surface area (Å²) in [5.41, 5.74) is 8.74. The van der Waals surface area contributed by atoms with Crippen molar-refractivity contribution in [3.05, 3.63) is 138 Å². The van der Waals surface area contributed by atoms with Crippen LogP contribution in [0, 0.1) is 27.7 Å². The molecule has 0 amide bonds. The van der Waals surface area contributed by atoms with E-state index in [9.17, 15) is 10.2 Å². The van der Waals surface area contributed by atoms with E-state index in [-0.39, 0.29) is 11.5 Å². The number of hydrogen-bond donors (Lipinski definition) is 2. The number of allylic oxidation sites excluding steroid dienone is 2. The molecule has 44 heavy (non-hydrogen) atoms. The fourth-order valence-electron chi connectivity index (χ4n) is 6.07. The molecular formula is C34H28Cl2N6O2. The van der Waals surface area contributed by atoms with Crippen LogP contribution in [0.5, 0.6) is 0 Å². The minimum Gasteiger partial charge on any atom is -0.506 e. The summed E-state index contributed by atoms with van der Waals surface area (Å²) in [6.07, 6.45) is 0.737. The molecule has 1 aliphatic carbocycles. The minimum absolute atomic E-state index is 0.0000580. The largest absolute Gasteiger partial charge is 0.506 e. The molecule has 10 heteroatoms. The summed E-state index contributed by atoms with van der Waals surface area (Å²) in [7, 11) is 0. The Labute approximate surface area is 264 Å². The third-order valence-corrected chi connectivity index (χ3v) is 8.52. The quantitative estimate of drug-likeness (QED) is 0.240. The van der Waals surface area contributed by atoms with Crippen molar-refractivity contribution in [2.75, 3.05) is 0 Å². The monoisotopic (exact) mass is 622 g/mol. The molecule has 2 aliphatic heterocycles. The number of aliphatic hydroxyl groups excluding tert-OH is 2. The van der Waals surface area contributed by atoms with Crippen LogP contribution in [-0.2, 0) is 0 Å². The molecular weight excluding hydrogens is 595 g/mol. The van der Waals surface area contributed by atoms with Crippen LogP contribution in [0.2, 0.25) is 10.0 Å². The molecule has 2 aromatic heterocycles. The Morgan fingerprint density at radius 2 is 0.955 bits per heavy atom. The second-order valence-corrected chi connectivity index (χ2v) is 12.1. The van der Waals surface area contributed by atoms with Crippen molar-refractivity contribution in [1.82, 2.24) is 19.6 Å². The Morgan fingerprint density at radius 1 is 0.591 bits per heavy atom. The van der Waals surface area contributed by atoms with Gasteiger partial charge in [0, 0.05) is 56.5 Å². The van der Waals surface area contributed by atoms with Crippen molar-refractivity contribution in [3.8, 4) is 0 Å². The van der Waals surface area contributed by atoms with Crippen molar-refractivity contribution < 1.29 is 10.2 Å². The summed E-state index contributed by atoms with van der Waals surface area (Å²) in [5.74, 6) is 1.41. The molecule has 0 fully saturated rings. The minimum atomic E-state index is 0.0000580. The van der Waals surface area contributed by atoms with Gasteiger partial charge in [-0.1, -0.05) is 47.5 Å². The zero-order valence-corrected chi connectivity index (χ0v) is 26.0. The maximum Gasteiger partial charge on any atom is 0.138 e. The fourth-order valence-corrected chi connectivity index (χ4v) is 6.32. The van der Waals surface area contributed by atoms with Crippen LogP contribution in [0.15, 0.2) is 104 Å². The molecule has 3 aliphatic rings. The number of benzene rings is 2. The number of nitrogens with zero attached hydrogens (tertiary/aromatic N) is 6. The lowest BCUT2D eigenvalue weighted by Gasteiger charge is -2.26. The van der Waals surface area contributed by atoms with E-state index in [4.69, 9.17) is 33.2 Å². The van der Waals surface area contributed by atoms with Gasteiger partial charge in [-0.2, -0.15) is 10.2 Å². The fraction of sp³-hybridized carbons (Fsp3) is 0.176. The van der Waals surface area contributed by atoms with Gasteiger partial charge in [0.2, 0.25) is 0 Å². The van der Waals surface area contributed by atoms with Crippen LogP contribution in [0.4, 0.5) is 0 Å². The Balaban J connectivity index is 1.32. The van der Waals surface area contributed by atoms with Crippen LogP contribution in [-0.4, -0.2) is 41.4 Å². The van der Waals surface area contributed by atoms with Crippen LogP contribution in [0.3, 0.4) is 0 Å². The van der Waals surface area contributed by atoms with E-state index in [1.165, 1.54) is 0 Å². The van der Waals surface area contributed by atoms with Crippen molar-refractivity contribution in [2.24, 2.45) is 9.98 Å². The average Bonchev–Trinajstić information content (AvgIpc) is 3.75. The Bertz CT molecular complexity index is 1910. The van der Waals surface area contributed by atoms with Gasteiger partial charge in [0.1, 0.15) is 23.2 Å². The molecule has 2 aromatic carbocycles. The molecule has 7 rings (SSSR count). The van der Waals surface area contributed by atoms with Crippen molar-refractivity contribution in [3.63, 3.8) is 0 Å². The van der Waals surface area contributed by atoms with Gasteiger partial charge in [-0.15, -0.1) is 0 Å². The van der Waals surface area contributed by atoms with Gasteiger partial charge in [0.15, 0.2) is 0 Å². The summed E-state index contributed by atoms with van der Waals surface area (Å²) >= 11 is 12.4. The third-order valence-electron chi connectivity index (χ3n) is 8.02. The lowest BCUT2D eigenvalue weighted by molar-refractivity contribution is 0.351.